The minimum absolute atomic E-state index is 0.0491. The zero-order chi connectivity index (χ0) is 19.5. The van der Waals surface area contributed by atoms with Crippen molar-refractivity contribution < 1.29 is 5.11 Å². The molecule has 3 N–H and O–H groups in total. The summed E-state index contributed by atoms with van der Waals surface area (Å²) in [5.41, 5.74) is 8.87. The largest absolute Gasteiger partial charge is 0.507 e. The first-order chi connectivity index (χ1) is 12.0. The number of rotatable bonds is 3. The molecule has 0 fully saturated rings. The molecule has 1 aromatic heterocycles. The SMILES string of the molecule is CC(C)(C)c1cc(/C=N/N=C(\N)c2ccccn2)c(O)c(C(C)(C)C)c1. The van der Waals surface area contributed by atoms with Crippen LogP contribution >= 0.6 is 0 Å². The third-order valence-corrected chi connectivity index (χ3v) is 4.10. The highest BCUT2D eigenvalue weighted by Crippen LogP contribution is 2.37. The van der Waals surface area contributed by atoms with E-state index in [1.165, 1.54) is 6.21 Å². The second-order valence-electron chi connectivity index (χ2n) is 8.41. The van der Waals surface area contributed by atoms with Crippen LogP contribution in [0.2, 0.25) is 0 Å². The molecule has 1 aromatic carbocycles. The van der Waals surface area contributed by atoms with Crippen LogP contribution in [0.1, 0.15) is 63.9 Å². The highest BCUT2D eigenvalue weighted by Gasteiger charge is 2.24. The second kappa shape index (κ2) is 7.28. The Hall–Kier alpha value is -2.69. The van der Waals surface area contributed by atoms with E-state index in [1.54, 1.807) is 12.3 Å². The monoisotopic (exact) mass is 352 g/mol. The van der Waals surface area contributed by atoms with Crippen molar-refractivity contribution in [2.45, 2.75) is 52.4 Å². The molecule has 0 spiro atoms. The molecule has 1 heterocycles. The van der Waals surface area contributed by atoms with Crippen LogP contribution in [0.5, 0.6) is 5.75 Å². The molecule has 0 bridgehead atoms. The van der Waals surface area contributed by atoms with Gasteiger partial charge < -0.3 is 10.8 Å². The second-order valence-corrected chi connectivity index (χ2v) is 8.41. The fourth-order valence-corrected chi connectivity index (χ4v) is 2.48. The molecule has 26 heavy (non-hydrogen) atoms. The number of pyridine rings is 1. The molecule has 0 unspecified atom stereocenters. The van der Waals surface area contributed by atoms with Crippen LogP contribution in [0.3, 0.4) is 0 Å². The van der Waals surface area contributed by atoms with Gasteiger partial charge in [-0.25, -0.2) is 0 Å². The van der Waals surface area contributed by atoms with E-state index >= 15 is 0 Å². The Bertz CT molecular complexity index is 826. The van der Waals surface area contributed by atoms with E-state index < -0.39 is 0 Å². The van der Waals surface area contributed by atoms with Crippen molar-refractivity contribution in [2.75, 3.05) is 0 Å². The molecule has 0 aliphatic carbocycles. The summed E-state index contributed by atoms with van der Waals surface area (Å²) in [6.07, 6.45) is 3.19. The Kier molecular flexibility index (Phi) is 5.50. The third-order valence-electron chi connectivity index (χ3n) is 4.10. The van der Waals surface area contributed by atoms with Gasteiger partial charge in [-0.05, 0) is 34.6 Å². The average molecular weight is 352 g/mol. The van der Waals surface area contributed by atoms with Gasteiger partial charge in [0, 0.05) is 17.3 Å². The van der Waals surface area contributed by atoms with Crippen molar-refractivity contribution in [3.05, 3.63) is 58.9 Å². The van der Waals surface area contributed by atoms with E-state index in [-0.39, 0.29) is 22.4 Å². The van der Waals surface area contributed by atoms with Crippen molar-refractivity contribution in [3.8, 4) is 5.75 Å². The van der Waals surface area contributed by atoms with Gasteiger partial charge in [0.1, 0.15) is 11.4 Å². The molecule has 0 aliphatic heterocycles. The highest BCUT2D eigenvalue weighted by atomic mass is 16.3. The van der Waals surface area contributed by atoms with Gasteiger partial charge in [0.2, 0.25) is 0 Å². The average Bonchev–Trinajstić information content (AvgIpc) is 2.55. The Morgan fingerprint density at radius 3 is 2.31 bits per heavy atom. The number of benzene rings is 1. The standard InChI is InChI=1S/C21H28N4O/c1-20(2,3)15-11-14(18(26)16(12-15)21(4,5)6)13-24-25-19(22)17-9-7-8-10-23-17/h7-13,26H,1-6H3,(H2,22,25)/b24-13+. The first-order valence-electron chi connectivity index (χ1n) is 8.66. The van der Waals surface area contributed by atoms with Crippen molar-refractivity contribution in [3.63, 3.8) is 0 Å². The van der Waals surface area contributed by atoms with E-state index in [4.69, 9.17) is 5.73 Å². The van der Waals surface area contributed by atoms with Crippen LogP contribution in [-0.2, 0) is 10.8 Å². The van der Waals surface area contributed by atoms with E-state index in [0.717, 1.165) is 11.1 Å². The van der Waals surface area contributed by atoms with Crippen molar-refractivity contribution in [1.29, 1.82) is 0 Å². The molecule has 5 heteroatoms. The summed E-state index contributed by atoms with van der Waals surface area (Å²) in [7, 11) is 0. The Morgan fingerprint density at radius 1 is 1.08 bits per heavy atom. The van der Waals surface area contributed by atoms with E-state index in [9.17, 15) is 5.11 Å². The number of nitrogens with two attached hydrogens (primary N) is 1. The number of nitrogens with zero attached hydrogens (tertiary/aromatic N) is 3. The predicted octanol–water partition coefficient (Wildman–Crippen LogP) is 4.12. The summed E-state index contributed by atoms with van der Waals surface area (Å²) in [6, 6.07) is 9.43. The zero-order valence-electron chi connectivity index (χ0n) is 16.4. The van der Waals surface area contributed by atoms with Crippen LogP contribution < -0.4 is 5.73 Å². The first kappa shape index (κ1) is 19.6. The smallest absolute Gasteiger partial charge is 0.171 e. The molecular formula is C21H28N4O. The first-order valence-corrected chi connectivity index (χ1v) is 8.66. The lowest BCUT2D eigenvalue weighted by atomic mass is 9.79. The fourth-order valence-electron chi connectivity index (χ4n) is 2.48. The lowest BCUT2D eigenvalue weighted by Gasteiger charge is -2.26. The summed E-state index contributed by atoms with van der Waals surface area (Å²) < 4.78 is 0. The zero-order valence-corrected chi connectivity index (χ0v) is 16.4. The molecule has 0 saturated heterocycles. The lowest BCUT2D eigenvalue weighted by molar-refractivity contribution is 0.444. The summed E-state index contributed by atoms with van der Waals surface area (Å²) >= 11 is 0. The maximum absolute atomic E-state index is 10.7. The van der Waals surface area contributed by atoms with Crippen molar-refractivity contribution in [1.82, 2.24) is 4.98 Å². The number of aromatic nitrogens is 1. The molecule has 5 nitrogen and oxygen atoms in total. The Labute approximate surface area is 155 Å². The van der Waals surface area contributed by atoms with Crippen LogP contribution in [0.25, 0.3) is 0 Å². The number of amidine groups is 1. The van der Waals surface area contributed by atoms with Gasteiger partial charge in [-0.3, -0.25) is 4.98 Å². The Balaban J connectivity index is 2.45. The minimum atomic E-state index is -0.190. The van der Waals surface area contributed by atoms with Crippen LogP contribution in [-0.4, -0.2) is 22.1 Å². The summed E-state index contributed by atoms with van der Waals surface area (Å²) in [6.45, 7) is 12.7. The van der Waals surface area contributed by atoms with Crippen LogP contribution in [0.4, 0.5) is 0 Å². The number of phenolic OH excluding ortho intramolecular Hbond substituents is 1. The van der Waals surface area contributed by atoms with Gasteiger partial charge in [0.05, 0.1) is 6.21 Å². The summed E-state index contributed by atoms with van der Waals surface area (Å²) in [4.78, 5) is 4.14. The molecule has 2 aromatic rings. The maximum Gasteiger partial charge on any atom is 0.171 e. The molecule has 0 amide bonds. The normalized spacial score (nSPS) is 13.4. The maximum atomic E-state index is 10.7. The molecule has 0 atom stereocenters. The predicted molar refractivity (Wildman–Crippen MR) is 108 cm³/mol. The van der Waals surface area contributed by atoms with Crippen molar-refractivity contribution >= 4 is 12.1 Å². The van der Waals surface area contributed by atoms with Gasteiger partial charge in [0.15, 0.2) is 5.84 Å². The highest BCUT2D eigenvalue weighted by molar-refractivity contribution is 5.96. The fraction of sp³-hybridized carbons (Fsp3) is 0.381. The molecule has 2 rings (SSSR count). The van der Waals surface area contributed by atoms with Crippen LogP contribution in [0, 0.1) is 0 Å². The molecular weight excluding hydrogens is 324 g/mol. The Morgan fingerprint density at radius 2 is 1.77 bits per heavy atom. The van der Waals surface area contributed by atoms with E-state index in [0.29, 0.717) is 11.3 Å². The minimum Gasteiger partial charge on any atom is -0.507 e. The van der Waals surface area contributed by atoms with E-state index in [1.807, 2.05) is 18.2 Å². The van der Waals surface area contributed by atoms with E-state index in [2.05, 4.69) is 62.8 Å². The van der Waals surface area contributed by atoms with Crippen LogP contribution in [0.15, 0.2) is 46.7 Å². The van der Waals surface area contributed by atoms with Gasteiger partial charge in [-0.1, -0.05) is 53.7 Å². The van der Waals surface area contributed by atoms with Gasteiger partial charge >= 0.3 is 0 Å². The molecule has 0 radical (unpaired) electrons. The molecule has 138 valence electrons. The number of aromatic hydroxyl groups is 1. The summed E-state index contributed by atoms with van der Waals surface area (Å²) in [5.74, 6) is 0.449. The van der Waals surface area contributed by atoms with Gasteiger partial charge in [-0.15, -0.1) is 5.10 Å². The number of hydrogen-bond donors (Lipinski definition) is 2. The number of hydrogen-bond acceptors (Lipinski definition) is 4. The number of phenols is 1. The van der Waals surface area contributed by atoms with Gasteiger partial charge in [0.25, 0.3) is 0 Å². The molecule has 0 aliphatic rings. The quantitative estimate of drug-likeness (QED) is 0.495. The third kappa shape index (κ3) is 4.69. The van der Waals surface area contributed by atoms with Crippen molar-refractivity contribution in [2.24, 2.45) is 15.9 Å². The molecule has 0 saturated carbocycles. The topological polar surface area (TPSA) is 83.9 Å². The van der Waals surface area contributed by atoms with Gasteiger partial charge in [-0.2, -0.15) is 5.10 Å². The summed E-state index contributed by atoms with van der Waals surface area (Å²) in [5, 5.41) is 18.8. The lowest BCUT2D eigenvalue weighted by Crippen LogP contribution is -2.17.